The number of ether oxygens (including phenoxy) is 2. The summed E-state index contributed by atoms with van der Waals surface area (Å²) < 4.78 is 11.4. The summed E-state index contributed by atoms with van der Waals surface area (Å²) in [4.78, 5) is 12.7. The molecule has 0 aliphatic carbocycles. The van der Waals surface area contributed by atoms with Crippen LogP contribution in [-0.2, 0) is 0 Å². The van der Waals surface area contributed by atoms with E-state index in [2.05, 4.69) is 15.0 Å². The third-order valence-electron chi connectivity index (χ3n) is 3.19. The number of rotatable bonds is 4. The van der Waals surface area contributed by atoms with Crippen LogP contribution in [0.1, 0.15) is 19.5 Å². The number of anilines is 1. The average Bonchev–Trinajstić information content (AvgIpc) is 2.51. The minimum atomic E-state index is -0.0399. The van der Waals surface area contributed by atoms with Gasteiger partial charge >= 0.3 is 0 Å². The maximum Gasteiger partial charge on any atom is 0.249 e. The lowest BCUT2D eigenvalue weighted by Crippen LogP contribution is -2.10. The Morgan fingerprint density at radius 2 is 1.83 bits per heavy atom. The number of hydrogen-bond acceptors (Lipinski definition) is 6. The first-order valence-corrected chi connectivity index (χ1v) is 7.36. The Labute approximate surface area is 134 Å². The molecule has 2 heterocycles. The van der Waals surface area contributed by atoms with Crippen molar-refractivity contribution in [2.24, 2.45) is 0 Å². The minimum absolute atomic E-state index is 0.0399. The average molecular weight is 310 g/mol. The van der Waals surface area contributed by atoms with Crippen molar-refractivity contribution in [3.05, 3.63) is 42.4 Å². The zero-order chi connectivity index (χ0) is 16.4. The van der Waals surface area contributed by atoms with Gasteiger partial charge in [0.1, 0.15) is 11.8 Å². The maximum absolute atomic E-state index is 6.06. The molecule has 0 bridgehead atoms. The van der Waals surface area contributed by atoms with Crippen LogP contribution in [0.25, 0.3) is 10.9 Å². The Morgan fingerprint density at radius 1 is 1.04 bits per heavy atom. The van der Waals surface area contributed by atoms with Gasteiger partial charge in [-0.15, -0.1) is 0 Å². The van der Waals surface area contributed by atoms with Crippen LogP contribution in [0.3, 0.4) is 0 Å². The fraction of sp³-hybridized carbons (Fsp3) is 0.235. The first-order valence-electron chi connectivity index (χ1n) is 7.36. The van der Waals surface area contributed by atoms with Crippen molar-refractivity contribution in [1.82, 2.24) is 15.0 Å². The van der Waals surface area contributed by atoms with Gasteiger partial charge in [0.05, 0.1) is 6.10 Å². The van der Waals surface area contributed by atoms with E-state index in [1.807, 2.05) is 51.1 Å². The molecule has 3 aromatic rings. The fourth-order valence-corrected chi connectivity index (χ4v) is 2.17. The van der Waals surface area contributed by atoms with E-state index in [9.17, 15) is 0 Å². The third kappa shape index (κ3) is 3.15. The van der Waals surface area contributed by atoms with Gasteiger partial charge in [0, 0.05) is 11.1 Å². The Kier molecular flexibility index (Phi) is 3.97. The van der Waals surface area contributed by atoms with Crippen molar-refractivity contribution >= 4 is 16.6 Å². The number of nitrogens with zero attached hydrogens (tertiary/aromatic N) is 3. The highest BCUT2D eigenvalue weighted by atomic mass is 16.5. The Morgan fingerprint density at radius 3 is 2.61 bits per heavy atom. The van der Waals surface area contributed by atoms with E-state index in [0.717, 1.165) is 16.6 Å². The maximum atomic E-state index is 6.06. The molecule has 6 heteroatoms. The predicted octanol–water partition coefficient (Wildman–Crippen LogP) is 3.49. The highest BCUT2D eigenvalue weighted by molar-refractivity contribution is 5.85. The van der Waals surface area contributed by atoms with E-state index in [0.29, 0.717) is 11.6 Å². The molecule has 0 unspecified atom stereocenters. The number of aromatic nitrogens is 3. The SMILES string of the molecule is Cc1ccc2cccc(Oc3ncnc(OC(C)C)c3N)c2n1. The third-order valence-corrected chi connectivity index (χ3v) is 3.19. The summed E-state index contributed by atoms with van der Waals surface area (Å²) in [7, 11) is 0. The standard InChI is InChI=1S/C17H18N4O2/c1-10(2)22-16-14(18)17(20-9-19-16)23-13-6-4-5-12-8-7-11(3)21-15(12)13/h4-10H,18H2,1-3H3. The second kappa shape index (κ2) is 6.08. The van der Waals surface area contributed by atoms with E-state index in [-0.39, 0.29) is 17.7 Å². The molecule has 0 fully saturated rings. The van der Waals surface area contributed by atoms with Gasteiger partial charge in [0.25, 0.3) is 0 Å². The zero-order valence-corrected chi connectivity index (χ0v) is 13.3. The van der Waals surface area contributed by atoms with Crippen molar-refractivity contribution in [2.45, 2.75) is 26.9 Å². The molecular formula is C17H18N4O2. The molecule has 0 spiro atoms. The minimum Gasteiger partial charge on any atom is -0.473 e. The molecule has 0 saturated carbocycles. The second-order valence-corrected chi connectivity index (χ2v) is 5.45. The molecular weight excluding hydrogens is 292 g/mol. The number of aryl methyl sites for hydroxylation is 1. The molecule has 3 rings (SSSR count). The molecule has 118 valence electrons. The molecule has 0 amide bonds. The summed E-state index contributed by atoms with van der Waals surface area (Å²) in [6.07, 6.45) is 1.33. The number of fused-ring (bicyclic) bond motifs is 1. The number of para-hydroxylation sites is 1. The van der Waals surface area contributed by atoms with Crippen molar-refractivity contribution < 1.29 is 9.47 Å². The van der Waals surface area contributed by atoms with Crippen LogP contribution in [-0.4, -0.2) is 21.1 Å². The van der Waals surface area contributed by atoms with Crippen LogP contribution in [0.2, 0.25) is 0 Å². The largest absolute Gasteiger partial charge is 0.473 e. The first-order chi connectivity index (χ1) is 11.0. The molecule has 0 radical (unpaired) electrons. The number of hydrogen-bond donors (Lipinski definition) is 1. The van der Waals surface area contributed by atoms with E-state index >= 15 is 0 Å². The molecule has 2 aromatic heterocycles. The molecule has 0 atom stereocenters. The highest BCUT2D eigenvalue weighted by Gasteiger charge is 2.14. The smallest absolute Gasteiger partial charge is 0.249 e. The first kappa shape index (κ1) is 15.0. The summed E-state index contributed by atoms with van der Waals surface area (Å²) >= 11 is 0. The van der Waals surface area contributed by atoms with Gasteiger partial charge in [-0.3, -0.25) is 0 Å². The van der Waals surface area contributed by atoms with Crippen LogP contribution in [0.15, 0.2) is 36.7 Å². The molecule has 1 aromatic carbocycles. The molecule has 2 N–H and O–H groups in total. The summed E-state index contributed by atoms with van der Waals surface area (Å²) in [5.74, 6) is 1.16. The number of benzene rings is 1. The van der Waals surface area contributed by atoms with Gasteiger partial charge in [-0.25, -0.2) is 4.98 Å². The fourth-order valence-electron chi connectivity index (χ4n) is 2.17. The molecule has 0 saturated heterocycles. The summed E-state index contributed by atoms with van der Waals surface area (Å²) in [6.45, 7) is 5.74. The summed E-state index contributed by atoms with van der Waals surface area (Å²) in [6, 6.07) is 9.67. The van der Waals surface area contributed by atoms with Crippen LogP contribution in [0, 0.1) is 6.92 Å². The number of pyridine rings is 1. The van der Waals surface area contributed by atoms with Crippen molar-refractivity contribution in [3.63, 3.8) is 0 Å². The van der Waals surface area contributed by atoms with Gasteiger partial charge in [-0.2, -0.15) is 9.97 Å². The van der Waals surface area contributed by atoms with Crippen LogP contribution in [0.4, 0.5) is 5.69 Å². The monoisotopic (exact) mass is 310 g/mol. The molecule has 6 nitrogen and oxygen atoms in total. The molecule has 23 heavy (non-hydrogen) atoms. The predicted molar refractivity (Wildman–Crippen MR) is 88.8 cm³/mol. The van der Waals surface area contributed by atoms with E-state index < -0.39 is 0 Å². The normalized spacial score (nSPS) is 11.0. The van der Waals surface area contributed by atoms with Crippen LogP contribution < -0.4 is 15.2 Å². The van der Waals surface area contributed by atoms with Crippen molar-refractivity contribution in [2.75, 3.05) is 5.73 Å². The second-order valence-electron chi connectivity index (χ2n) is 5.45. The molecule has 0 aliphatic rings. The number of nitrogen functional groups attached to an aromatic ring is 1. The van der Waals surface area contributed by atoms with E-state index in [4.69, 9.17) is 15.2 Å². The van der Waals surface area contributed by atoms with Crippen LogP contribution >= 0.6 is 0 Å². The lowest BCUT2D eigenvalue weighted by Gasteiger charge is -2.13. The van der Waals surface area contributed by atoms with Gasteiger partial charge in [0.15, 0.2) is 11.4 Å². The van der Waals surface area contributed by atoms with Gasteiger partial charge in [-0.1, -0.05) is 18.2 Å². The topological polar surface area (TPSA) is 83.2 Å². The number of nitrogens with two attached hydrogens (primary N) is 1. The lowest BCUT2D eigenvalue weighted by molar-refractivity contribution is 0.233. The Hall–Kier alpha value is -2.89. The Bertz CT molecular complexity index is 849. The van der Waals surface area contributed by atoms with Gasteiger partial charge in [0.2, 0.25) is 11.8 Å². The highest BCUT2D eigenvalue weighted by Crippen LogP contribution is 2.33. The van der Waals surface area contributed by atoms with E-state index in [1.54, 1.807) is 0 Å². The summed E-state index contributed by atoms with van der Waals surface area (Å²) in [5, 5.41) is 0.986. The van der Waals surface area contributed by atoms with E-state index in [1.165, 1.54) is 6.33 Å². The Balaban J connectivity index is 2.01. The summed E-state index contributed by atoms with van der Waals surface area (Å²) in [5.41, 5.74) is 8.00. The quantitative estimate of drug-likeness (QED) is 0.794. The van der Waals surface area contributed by atoms with Crippen LogP contribution in [0.5, 0.6) is 17.5 Å². The van der Waals surface area contributed by atoms with Crippen molar-refractivity contribution in [1.29, 1.82) is 0 Å². The van der Waals surface area contributed by atoms with Crippen molar-refractivity contribution in [3.8, 4) is 17.5 Å². The zero-order valence-electron chi connectivity index (χ0n) is 13.3. The molecule has 0 aliphatic heterocycles. The lowest BCUT2D eigenvalue weighted by atomic mass is 10.2. The van der Waals surface area contributed by atoms with Gasteiger partial charge < -0.3 is 15.2 Å². The van der Waals surface area contributed by atoms with Gasteiger partial charge in [-0.05, 0) is 32.9 Å².